The molecule has 1 heterocycles. The van der Waals surface area contributed by atoms with Crippen molar-refractivity contribution in [3.63, 3.8) is 0 Å². The van der Waals surface area contributed by atoms with Gasteiger partial charge in [0.1, 0.15) is 5.92 Å². The molecule has 0 saturated carbocycles. The number of aromatic nitrogens is 1. The average molecular weight is 468 g/mol. The molecular formula is C24H28F3NO3S. The number of ether oxygens (including phenoxy) is 1. The van der Waals surface area contributed by atoms with Crippen molar-refractivity contribution >= 4 is 23.5 Å². The van der Waals surface area contributed by atoms with Gasteiger partial charge >= 0.3 is 12.1 Å². The first kappa shape index (κ1) is 25.9. The van der Waals surface area contributed by atoms with Crippen molar-refractivity contribution < 1.29 is 27.5 Å². The number of halogens is 3. The third-order valence-corrected chi connectivity index (χ3v) is 6.52. The summed E-state index contributed by atoms with van der Waals surface area (Å²) in [6, 6.07) is 6.25. The Kier molecular flexibility index (Phi) is 8.89. The van der Waals surface area contributed by atoms with E-state index in [9.17, 15) is 22.8 Å². The Morgan fingerprint density at radius 2 is 1.75 bits per heavy atom. The molecule has 32 heavy (non-hydrogen) atoms. The molecule has 0 amide bonds. The molecule has 174 valence electrons. The van der Waals surface area contributed by atoms with Gasteiger partial charge in [-0.1, -0.05) is 24.6 Å². The lowest BCUT2D eigenvalue weighted by Crippen LogP contribution is -2.25. The molecule has 2 rings (SSSR count). The minimum atomic E-state index is -4.41. The van der Waals surface area contributed by atoms with Crippen LogP contribution in [0.3, 0.4) is 0 Å². The second-order valence-electron chi connectivity index (χ2n) is 8.07. The number of nitrogens with zero attached hydrogens (tertiary/aromatic N) is 1. The average Bonchev–Trinajstić information content (AvgIpc) is 2.72. The molecule has 0 spiro atoms. The van der Waals surface area contributed by atoms with E-state index in [1.165, 1.54) is 24.9 Å². The van der Waals surface area contributed by atoms with E-state index in [0.29, 0.717) is 22.8 Å². The van der Waals surface area contributed by atoms with Gasteiger partial charge in [0.25, 0.3) is 0 Å². The van der Waals surface area contributed by atoms with Crippen molar-refractivity contribution in [1.29, 1.82) is 0 Å². The molecule has 1 aromatic carbocycles. The van der Waals surface area contributed by atoms with Crippen LogP contribution >= 0.6 is 11.8 Å². The maximum atomic E-state index is 13.0. The van der Waals surface area contributed by atoms with Crippen LogP contribution in [0.4, 0.5) is 13.2 Å². The van der Waals surface area contributed by atoms with Crippen LogP contribution in [0.1, 0.15) is 53.5 Å². The van der Waals surface area contributed by atoms with Gasteiger partial charge in [-0.15, -0.1) is 11.8 Å². The van der Waals surface area contributed by atoms with Crippen LogP contribution in [0.15, 0.2) is 35.5 Å². The Hall–Kier alpha value is -2.35. The van der Waals surface area contributed by atoms with E-state index in [-0.39, 0.29) is 18.1 Å². The summed E-state index contributed by atoms with van der Waals surface area (Å²) in [5, 5.41) is 0.495. The van der Waals surface area contributed by atoms with Gasteiger partial charge in [-0.25, -0.2) is 4.98 Å². The molecule has 0 aliphatic carbocycles. The second-order valence-corrected chi connectivity index (χ2v) is 9.11. The Morgan fingerprint density at radius 3 is 2.25 bits per heavy atom. The first-order valence-electron chi connectivity index (χ1n) is 10.3. The summed E-state index contributed by atoms with van der Waals surface area (Å²) in [5.74, 6) is -1.03. The molecule has 0 aliphatic rings. The number of ketones is 1. The van der Waals surface area contributed by atoms with Gasteiger partial charge in [0, 0.05) is 18.4 Å². The summed E-state index contributed by atoms with van der Waals surface area (Å²) in [5.41, 5.74) is 2.73. The molecule has 4 nitrogen and oxygen atoms in total. The number of methoxy groups -OCH3 is 1. The van der Waals surface area contributed by atoms with E-state index in [0.717, 1.165) is 29.0 Å². The van der Waals surface area contributed by atoms with Crippen LogP contribution in [-0.4, -0.2) is 29.6 Å². The zero-order valence-corrected chi connectivity index (χ0v) is 19.7. The maximum Gasteiger partial charge on any atom is 0.417 e. The zero-order chi connectivity index (χ0) is 24.1. The molecule has 0 bridgehead atoms. The first-order chi connectivity index (χ1) is 14.9. The van der Waals surface area contributed by atoms with E-state index in [4.69, 9.17) is 4.74 Å². The summed E-state index contributed by atoms with van der Waals surface area (Å²) < 4.78 is 42.8. The lowest BCUT2D eigenvalue weighted by Gasteiger charge is -2.20. The number of carbonyl (C=O) groups is 2. The minimum absolute atomic E-state index is 0.103. The summed E-state index contributed by atoms with van der Waals surface area (Å²) in [6.07, 6.45) is -2.84. The van der Waals surface area contributed by atoms with E-state index < -0.39 is 23.6 Å². The molecular weight excluding hydrogens is 439 g/mol. The fraction of sp³-hybridized carbons (Fsp3) is 0.458. The Morgan fingerprint density at radius 1 is 1.12 bits per heavy atom. The number of esters is 1. The number of alkyl halides is 3. The molecule has 8 heteroatoms. The second kappa shape index (κ2) is 11.0. The zero-order valence-electron chi connectivity index (χ0n) is 18.9. The van der Waals surface area contributed by atoms with E-state index in [1.54, 1.807) is 0 Å². The molecule has 0 fully saturated rings. The largest absolute Gasteiger partial charge is 0.468 e. The maximum absolute atomic E-state index is 13.0. The Labute approximate surface area is 191 Å². The summed E-state index contributed by atoms with van der Waals surface area (Å²) in [7, 11) is 1.28. The number of benzene rings is 1. The van der Waals surface area contributed by atoms with Gasteiger partial charge < -0.3 is 4.74 Å². The highest BCUT2D eigenvalue weighted by atomic mass is 32.2. The van der Waals surface area contributed by atoms with Gasteiger partial charge in [-0.05, 0) is 61.9 Å². The van der Waals surface area contributed by atoms with Crippen LogP contribution in [0.25, 0.3) is 0 Å². The number of hydrogen-bond donors (Lipinski definition) is 0. The van der Waals surface area contributed by atoms with Crippen molar-refractivity contribution in [1.82, 2.24) is 4.98 Å². The molecule has 0 saturated heterocycles. The van der Waals surface area contributed by atoms with Gasteiger partial charge in [0.05, 0.1) is 17.7 Å². The number of thioether (sulfide) groups is 1. The van der Waals surface area contributed by atoms with Crippen LogP contribution in [0, 0.1) is 26.7 Å². The number of hydrogen-bond acceptors (Lipinski definition) is 5. The molecule has 1 aromatic heterocycles. The fourth-order valence-corrected chi connectivity index (χ4v) is 4.57. The van der Waals surface area contributed by atoms with Gasteiger partial charge in [0.2, 0.25) is 0 Å². The molecule has 2 unspecified atom stereocenters. The monoisotopic (exact) mass is 467 g/mol. The van der Waals surface area contributed by atoms with Crippen molar-refractivity contribution in [3.8, 4) is 0 Å². The topological polar surface area (TPSA) is 56.3 Å². The molecule has 2 atom stereocenters. The number of pyridine rings is 1. The SMILES string of the molecule is COC(=O)C(C(=O)CCC(C)CSc1ccc(C(F)(F)F)cn1)c1c(C)cc(C)cc1C. The minimum Gasteiger partial charge on any atom is -0.468 e. The predicted octanol–water partition coefficient (Wildman–Crippen LogP) is 6.06. The van der Waals surface area contributed by atoms with Gasteiger partial charge in [-0.3, -0.25) is 9.59 Å². The van der Waals surface area contributed by atoms with Gasteiger partial charge in [0.15, 0.2) is 5.78 Å². The number of rotatable bonds is 9. The highest BCUT2D eigenvalue weighted by molar-refractivity contribution is 7.99. The van der Waals surface area contributed by atoms with Crippen LogP contribution in [-0.2, 0) is 20.5 Å². The summed E-state index contributed by atoms with van der Waals surface area (Å²) in [6.45, 7) is 7.69. The molecule has 0 radical (unpaired) electrons. The Balaban J connectivity index is 2.00. The van der Waals surface area contributed by atoms with E-state index in [2.05, 4.69) is 4.98 Å². The molecule has 0 aliphatic heterocycles. The van der Waals surface area contributed by atoms with Crippen LogP contribution < -0.4 is 0 Å². The number of aryl methyl sites for hydroxylation is 3. The molecule has 2 aromatic rings. The van der Waals surface area contributed by atoms with Crippen molar-refractivity contribution in [2.24, 2.45) is 5.92 Å². The number of Topliss-reactive ketones (excluding diaryl/α,β-unsaturated/α-hetero) is 1. The fourth-order valence-electron chi connectivity index (χ4n) is 3.65. The first-order valence-corrected chi connectivity index (χ1v) is 11.3. The quantitative estimate of drug-likeness (QED) is 0.255. The normalized spacial score (nSPS) is 13.5. The summed E-state index contributed by atoms with van der Waals surface area (Å²) >= 11 is 1.34. The lowest BCUT2D eigenvalue weighted by atomic mass is 9.84. The number of carbonyl (C=O) groups excluding carboxylic acids is 2. The highest BCUT2D eigenvalue weighted by Crippen LogP contribution is 2.31. The predicted molar refractivity (Wildman–Crippen MR) is 119 cm³/mol. The Bertz CT molecular complexity index is 935. The standard InChI is InChI=1S/C24H28F3NO3S/c1-14(13-32-20-9-7-18(12-28-20)24(25,26)27)6-8-19(29)22(23(30)31-5)21-16(3)10-15(2)11-17(21)4/h7,9-12,14,22H,6,8,13H2,1-5H3. The highest BCUT2D eigenvalue weighted by Gasteiger charge is 2.32. The smallest absolute Gasteiger partial charge is 0.417 e. The third kappa shape index (κ3) is 6.82. The third-order valence-electron chi connectivity index (χ3n) is 5.25. The van der Waals surface area contributed by atoms with Crippen molar-refractivity contribution in [2.75, 3.05) is 12.9 Å². The van der Waals surface area contributed by atoms with Crippen LogP contribution in [0.2, 0.25) is 0 Å². The van der Waals surface area contributed by atoms with E-state index >= 15 is 0 Å². The van der Waals surface area contributed by atoms with Crippen LogP contribution in [0.5, 0.6) is 0 Å². The van der Waals surface area contributed by atoms with Crippen molar-refractivity contribution in [3.05, 3.63) is 58.3 Å². The van der Waals surface area contributed by atoms with E-state index in [1.807, 2.05) is 39.8 Å². The van der Waals surface area contributed by atoms with Gasteiger partial charge in [-0.2, -0.15) is 13.2 Å². The van der Waals surface area contributed by atoms with Crippen molar-refractivity contribution in [2.45, 2.75) is 57.7 Å². The summed E-state index contributed by atoms with van der Waals surface area (Å²) in [4.78, 5) is 29.3. The molecule has 0 N–H and O–H groups in total. The lowest BCUT2D eigenvalue weighted by molar-refractivity contribution is -0.146.